The standard InChI is InChI=1S/C23H28F3N3O3/c1-3-31-21-14-17(4-9-20(21)32-23(25)26)15-27(2)16-22(30)29-12-10-28(11-13-29)19-7-5-18(24)6-8-19/h4-9,14,23H,3,10-13,15-16H2,1-2H3. The predicted molar refractivity (Wildman–Crippen MR) is 116 cm³/mol. The zero-order chi connectivity index (χ0) is 23.1. The molecule has 0 atom stereocenters. The highest BCUT2D eigenvalue weighted by Gasteiger charge is 2.22. The van der Waals surface area contributed by atoms with Crippen LogP contribution in [0.2, 0.25) is 0 Å². The smallest absolute Gasteiger partial charge is 0.387 e. The van der Waals surface area contributed by atoms with E-state index in [1.807, 2.05) is 16.8 Å². The molecule has 1 aliphatic heterocycles. The van der Waals surface area contributed by atoms with Gasteiger partial charge < -0.3 is 19.3 Å². The van der Waals surface area contributed by atoms with Crippen LogP contribution in [0.3, 0.4) is 0 Å². The number of nitrogens with zero attached hydrogens (tertiary/aromatic N) is 3. The number of amides is 1. The lowest BCUT2D eigenvalue weighted by atomic mass is 10.2. The van der Waals surface area contributed by atoms with Gasteiger partial charge in [0, 0.05) is 38.4 Å². The largest absolute Gasteiger partial charge is 0.490 e. The minimum Gasteiger partial charge on any atom is -0.490 e. The Hall–Kier alpha value is -2.94. The Balaban J connectivity index is 1.51. The Morgan fingerprint density at radius 3 is 2.38 bits per heavy atom. The molecule has 0 aromatic heterocycles. The average Bonchev–Trinajstić information content (AvgIpc) is 2.76. The van der Waals surface area contributed by atoms with E-state index in [0.29, 0.717) is 39.3 Å². The van der Waals surface area contributed by atoms with Gasteiger partial charge in [0.05, 0.1) is 13.2 Å². The summed E-state index contributed by atoms with van der Waals surface area (Å²) in [7, 11) is 1.83. The number of rotatable bonds is 9. The van der Waals surface area contributed by atoms with Crippen molar-refractivity contribution in [1.82, 2.24) is 9.80 Å². The number of piperazine rings is 1. The first-order chi connectivity index (χ1) is 15.4. The van der Waals surface area contributed by atoms with Crippen molar-refractivity contribution >= 4 is 11.6 Å². The molecule has 1 amide bonds. The molecule has 0 saturated carbocycles. The minimum atomic E-state index is -2.93. The molecule has 2 aromatic rings. The summed E-state index contributed by atoms with van der Waals surface area (Å²) >= 11 is 0. The molecule has 1 aliphatic rings. The van der Waals surface area contributed by atoms with Crippen LogP contribution in [0.15, 0.2) is 42.5 Å². The maximum Gasteiger partial charge on any atom is 0.387 e. The topological polar surface area (TPSA) is 45.2 Å². The van der Waals surface area contributed by atoms with Gasteiger partial charge >= 0.3 is 6.61 Å². The van der Waals surface area contributed by atoms with Gasteiger partial charge in [0.2, 0.25) is 5.91 Å². The molecule has 0 unspecified atom stereocenters. The summed E-state index contributed by atoms with van der Waals surface area (Å²) in [5.41, 5.74) is 1.77. The highest BCUT2D eigenvalue weighted by Crippen LogP contribution is 2.30. The monoisotopic (exact) mass is 451 g/mol. The van der Waals surface area contributed by atoms with Gasteiger partial charge in [-0.15, -0.1) is 0 Å². The van der Waals surface area contributed by atoms with Crippen molar-refractivity contribution in [3.63, 3.8) is 0 Å². The number of hydrogen-bond donors (Lipinski definition) is 0. The number of hydrogen-bond acceptors (Lipinski definition) is 5. The van der Waals surface area contributed by atoms with Crippen molar-refractivity contribution in [2.45, 2.75) is 20.1 Å². The van der Waals surface area contributed by atoms with Gasteiger partial charge in [-0.3, -0.25) is 9.69 Å². The second-order valence-electron chi connectivity index (χ2n) is 7.61. The summed E-state index contributed by atoms with van der Waals surface area (Å²) in [6, 6.07) is 11.2. The SMILES string of the molecule is CCOc1cc(CN(C)CC(=O)N2CCN(c3ccc(F)cc3)CC2)ccc1OC(F)F. The summed E-state index contributed by atoms with van der Waals surface area (Å²) in [4.78, 5) is 18.5. The van der Waals surface area contributed by atoms with Gasteiger partial charge in [0.1, 0.15) is 5.82 Å². The second-order valence-corrected chi connectivity index (χ2v) is 7.61. The number of ether oxygens (including phenoxy) is 2. The Morgan fingerprint density at radius 1 is 1.06 bits per heavy atom. The van der Waals surface area contributed by atoms with Crippen LogP contribution in [0.1, 0.15) is 12.5 Å². The van der Waals surface area contributed by atoms with E-state index in [1.54, 1.807) is 31.2 Å². The first-order valence-electron chi connectivity index (χ1n) is 10.5. The Kier molecular flexibility index (Phi) is 8.21. The molecular weight excluding hydrogens is 423 g/mol. The van der Waals surface area contributed by atoms with Crippen LogP contribution in [0.4, 0.5) is 18.9 Å². The van der Waals surface area contributed by atoms with Gasteiger partial charge in [0.15, 0.2) is 11.5 Å². The maximum absolute atomic E-state index is 13.1. The fourth-order valence-corrected chi connectivity index (χ4v) is 3.68. The molecule has 0 aliphatic carbocycles. The molecule has 1 heterocycles. The van der Waals surface area contributed by atoms with Gasteiger partial charge in [-0.25, -0.2) is 4.39 Å². The lowest BCUT2D eigenvalue weighted by Gasteiger charge is -2.36. The minimum absolute atomic E-state index is 0.0108. The van der Waals surface area contributed by atoms with E-state index >= 15 is 0 Å². The lowest BCUT2D eigenvalue weighted by Crippen LogP contribution is -2.51. The summed E-state index contributed by atoms with van der Waals surface area (Å²) in [6.07, 6.45) is 0. The predicted octanol–water partition coefficient (Wildman–Crippen LogP) is 3.61. The Bertz CT molecular complexity index is 888. The fraction of sp³-hybridized carbons (Fsp3) is 0.435. The zero-order valence-electron chi connectivity index (χ0n) is 18.3. The molecule has 0 spiro atoms. The molecule has 0 bridgehead atoms. The van der Waals surface area contributed by atoms with Crippen molar-refractivity contribution < 1.29 is 27.4 Å². The number of halogens is 3. The number of benzene rings is 2. The number of likely N-dealkylation sites (N-methyl/N-ethyl adjacent to an activating group) is 1. The number of carbonyl (C=O) groups is 1. The number of alkyl halides is 2. The van der Waals surface area contributed by atoms with Gasteiger partial charge in [-0.05, 0) is 55.9 Å². The van der Waals surface area contributed by atoms with Crippen LogP contribution in [-0.4, -0.2) is 68.7 Å². The van der Waals surface area contributed by atoms with E-state index in [2.05, 4.69) is 9.64 Å². The normalized spacial score (nSPS) is 14.2. The lowest BCUT2D eigenvalue weighted by molar-refractivity contribution is -0.132. The first-order valence-corrected chi connectivity index (χ1v) is 10.5. The van der Waals surface area contributed by atoms with Crippen LogP contribution in [0.25, 0.3) is 0 Å². The molecule has 0 radical (unpaired) electrons. The highest BCUT2D eigenvalue weighted by molar-refractivity contribution is 5.78. The van der Waals surface area contributed by atoms with E-state index in [1.165, 1.54) is 18.2 Å². The molecule has 6 nitrogen and oxygen atoms in total. The summed E-state index contributed by atoms with van der Waals surface area (Å²) in [6.45, 7) is 2.40. The maximum atomic E-state index is 13.1. The molecule has 9 heteroatoms. The van der Waals surface area contributed by atoms with E-state index < -0.39 is 6.61 Å². The molecule has 3 rings (SSSR count). The third kappa shape index (κ3) is 6.53. The van der Waals surface area contributed by atoms with Crippen LogP contribution < -0.4 is 14.4 Å². The van der Waals surface area contributed by atoms with Crippen molar-refractivity contribution in [1.29, 1.82) is 0 Å². The summed E-state index contributed by atoms with van der Waals surface area (Å²) in [5.74, 6) is -0.00518. The third-order valence-corrected chi connectivity index (χ3v) is 5.21. The van der Waals surface area contributed by atoms with Crippen LogP contribution in [0, 0.1) is 5.82 Å². The van der Waals surface area contributed by atoms with Crippen LogP contribution >= 0.6 is 0 Å². The Labute approximate surface area is 186 Å². The van der Waals surface area contributed by atoms with Crippen molar-refractivity contribution in [3.05, 3.63) is 53.8 Å². The molecular formula is C23H28F3N3O3. The van der Waals surface area contributed by atoms with E-state index in [-0.39, 0.29) is 29.8 Å². The highest BCUT2D eigenvalue weighted by atomic mass is 19.3. The van der Waals surface area contributed by atoms with Crippen LogP contribution in [0.5, 0.6) is 11.5 Å². The third-order valence-electron chi connectivity index (χ3n) is 5.21. The fourth-order valence-electron chi connectivity index (χ4n) is 3.68. The molecule has 2 aromatic carbocycles. The summed E-state index contributed by atoms with van der Waals surface area (Å²) < 4.78 is 48.1. The summed E-state index contributed by atoms with van der Waals surface area (Å²) in [5, 5.41) is 0. The van der Waals surface area contributed by atoms with Crippen LogP contribution in [-0.2, 0) is 11.3 Å². The molecule has 1 fully saturated rings. The van der Waals surface area contributed by atoms with Crippen molar-refractivity contribution in [2.24, 2.45) is 0 Å². The number of anilines is 1. The van der Waals surface area contributed by atoms with Gasteiger partial charge in [-0.1, -0.05) is 6.07 Å². The molecule has 32 heavy (non-hydrogen) atoms. The van der Waals surface area contributed by atoms with E-state index in [0.717, 1.165) is 11.3 Å². The first kappa shape index (κ1) is 23.7. The molecule has 174 valence electrons. The Morgan fingerprint density at radius 2 is 1.75 bits per heavy atom. The quantitative estimate of drug-likeness (QED) is 0.583. The second kappa shape index (κ2) is 11.1. The van der Waals surface area contributed by atoms with Crippen molar-refractivity contribution in [2.75, 3.05) is 51.3 Å². The van der Waals surface area contributed by atoms with Gasteiger partial charge in [0.25, 0.3) is 0 Å². The molecule has 0 N–H and O–H groups in total. The molecule has 1 saturated heterocycles. The number of carbonyl (C=O) groups excluding carboxylic acids is 1. The zero-order valence-corrected chi connectivity index (χ0v) is 18.3. The van der Waals surface area contributed by atoms with Crippen molar-refractivity contribution in [3.8, 4) is 11.5 Å². The van der Waals surface area contributed by atoms with E-state index in [9.17, 15) is 18.0 Å². The van der Waals surface area contributed by atoms with E-state index in [4.69, 9.17) is 4.74 Å². The van der Waals surface area contributed by atoms with Gasteiger partial charge in [-0.2, -0.15) is 8.78 Å². The average molecular weight is 451 g/mol.